The van der Waals surface area contributed by atoms with Crippen molar-refractivity contribution >= 4 is 18.0 Å². The van der Waals surface area contributed by atoms with Crippen molar-refractivity contribution < 1.29 is 14.3 Å². The van der Waals surface area contributed by atoms with Crippen LogP contribution in [0.1, 0.15) is 5.56 Å². The Kier molecular flexibility index (Phi) is 4.02. The van der Waals surface area contributed by atoms with Crippen LogP contribution in [0.2, 0.25) is 0 Å². The first-order chi connectivity index (χ1) is 7.63. The Balaban J connectivity index is 2.62. The number of nitrogens with two attached hydrogens (primary N) is 1. The van der Waals surface area contributed by atoms with E-state index in [2.05, 4.69) is 5.10 Å². The molecule has 3 N–H and O–H groups in total. The van der Waals surface area contributed by atoms with Crippen LogP contribution >= 0.6 is 0 Å². The predicted molar refractivity (Wildman–Crippen MR) is 57.9 cm³/mol. The molecule has 0 atom stereocenters. The summed E-state index contributed by atoms with van der Waals surface area (Å²) in [7, 11) is 1.55. The van der Waals surface area contributed by atoms with Gasteiger partial charge in [0.15, 0.2) is 0 Å². The number of hydrogen-bond acceptors (Lipinski definition) is 4. The van der Waals surface area contributed by atoms with E-state index >= 15 is 0 Å². The molecule has 0 aromatic heterocycles. The summed E-state index contributed by atoms with van der Waals surface area (Å²) in [4.78, 5) is 21.1. The number of nitrogens with one attached hydrogen (secondary N) is 1. The summed E-state index contributed by atoms with van der Waals surface area (Å²) < 4.78 is 5.00. The lowest BCUT2D eigenvalue weighted by Gasteiger charge is -1.99. The molecule has 1 aromatic rings. The number of rotatable bonds is 3. The molecule has 6 nitrogen and oxygen atoms in total. The minimum atomic E-state index is -1.08. The van der Waals surface area contributed by atoms with Gasteiger partial charge in [-0.25, -0.2) is 5.43 Å². The highest BCUT2D eigenvalue weighted by Gasteiger charge is 2.05. The van der Waals surface area contributed by atoms with E-state index in [-0.39, 0.29) is 0 Å². The highest BCUT2D eigenvalue weighted by molar-refractivity contribution is 6.34. The fraction of sp³-hybridized carbons (Fsp3) is 0.100. The number of nitrogens with zero attached hydrogens (tertiary/aromatic N) is 1. The largest absolute Gasteiger partial charge is 0.497 e. The first kappa shape index (κ1) is 11.7. The standard InChI is InChI=1S/C10H11N3O3/c1-16-8-4-2-3-7(5-8)6-12-13-10(15)9(11)14/h2-6H,1H3,(H2,11,14)(H,13,15). The van der Waals surface area contributed by atoms with Gasteiger partial charge in [-0.1, -0.05) is 12.1 Å². The third kappa shape index (κ3) is 3.41. The van der Waals surface area contributed by atoms with Crippen LogP contribution in [0.25, 0.3) is 0 Å². The third-order valence-electron chi connectivity index (χ3n) is 1.70. The van der Waals surface area contributed by atoms with Gasteiger partial charge in [-0.3, -0.25) is 9.59 Å². The average Bonchev–Trinajstić information content (AvgIpc) is 2.29. The molecule has 6 heteroatoms. The maximum atomic E-state index is 10.7. The number of amides is 2. The molecular weight excluding hydrogens is 210 g/mol. The lowest BCUT2D eigenvalue weighted by molar-refractivity contribution is -0.137. The van der Waals surface area contributed by atoms with Crippen LogP contribution in [0.3, 0.4) is 0 Å². The SMILES string of the molecule is COc1cccc(C=NNC(=O)C(N)=O)c1. The van der Waals surface area contributed by atoms with Crippen molar-refractivity contribution in [2.24, 2.45) is 10.8 Å². The Morgan fingerprint density at radius 1 is 1.50 bits per heavy atom. The second-order valence-corrected chi connectivity index (χ2v) is 2.84. The van der Waals surface area contributed by atoms with Gasteiger partial charge in [-0.15, -0.1) is 0 Å². The van der Waals surface area contributed by atoms with Gasteiger partial charge in [-0.05, 0) is 17.7 Å². The lowest BCUT2D eigenvalue weighted by Crippen LogP contribution is -2.32. The van der Waals surface area contributed by atoms with Gasteiger partial charge in [0, 0.05) is 0 Å². The topological polar surface area (TPSA) is 93.8 Å². The zero-order valence-corrected chi connectivity index (χ0v) is 8.64. The van der Waals surface area contributed by atoms with Crippen LogP contribution < -0.4 is 15.9 Å². The highest BCUT2D eigenvalue weighted by Crippen LogP contribution is 2.10. The Morgan fingerprint density at radius 2 is 2.25 bits per heavy atom. The molecular formula is C10H11N3O3. The summed E-state index contributed by atoms with van der Waals surface area (Å²) in [6.07, 6.45) is 1.38. The summed E-state index contributed by atoms with van der Waals surface area (Å²) in [5.41, 5.74) is 7.43. The predicted octanol–water partition coefficient (Wildman–Crippen LogP) is -0.369. The summed E-state index contributed by atoms with van der Waals surface area (Å²) >= 11 is 0. The van der Waals surface area contributed by atoms with Gasteiger partial charge >= 0.3 is 11.8 Å². The molecule has 16 heavy (non-hydrogen) atoms. The van der Waals surface area contributed by atoms with Crippen LogP contribution in [0, 0.1) is 0 Å². The van der Waals surface area contributed by atoms with Gasteiger partial charge in [0.1, 0.15) is 5.75 Å². The van der Waals surface area contributed by atoms with Crippen LogP contribution in [0.4, 0.5) is 0 Å². The van der Waals surface area contributed by atoms with Crippen molar-refractivity contribution in [1.82, 2.24) is 5.43 Å². The Hall–Kier alpha value is -2.37. The van der Waals surface area contributed by atoms with Crippen LogP contribution in [-0.4, -0.2) is 25.1 Å². The lowest BCUT2D eigenvalue weighted by atomic mass is 10.2. The number of hydrogen-bond donors (Lipinski definition) is 2. The zero-order valence-electron chi connectivity index (χ0n) is 8.64. The van der Waals surface area contributed by atoms with Crippen molar-refractivity contribution in [2.75, 3.05) is 7.11 Å². The summed E-state index contributed by atoms with van der Waals surface area (Å²) in [5.74, 6) is -1.37. The summed E-state index contributed by atoms with van der Waals surface area (Å²) in [5, 5.41) is 3.56. The molecule has 0 spiro atoms. The zero-order chi connectivity index (χ0) is 12.0. The summed E-state index contributed by atoms with van der Waals surface area (Å²) in [6.45, 7) is 0. The Labute approximate surface area is 92.1 Å². The van der Waals surface area contributed by atoms with Gasteiger partial charge in [-0.2, -0.15) is 5.10 Å². The van der Waals surface area contributed by atoms with E-state index in [1.165, 1.54) is 6.21 Å². The monoisotopic (exact) mass is 221 g/mol. The molecule has 0 unspecified atom stereocenters. The van der Waals surface area contributed by atoms with Crippen molar-refractivity contribution in [3.05, 3.63) is 29.8 Å². The quantitative estimate of drug-likeness (QED) is 0.414. The van der Waals surface area contributed by atoms with E-state index < -0.39 is 11.8 Å². The fourth-order valence-corrected chi connectivity index (χ4v) is 0.942. The first-order valence-electron chi connectivity index (χ1n) is 4.40. The first-order valence-corrected chi connectivity index (χ1v) is 4.40. The van der Waals surface area contributed by atoms with E-state index in [0.29, 0.717) is 5.75 Å². The molecule has 1 rings (SSSR count). The maximum Gasteiger partial charge on any atom is 0.329 e. The Morgan fingerprint density at radius 3 is 2.88 bits per heavy atom. The number of primary amides is 1. The molecule has 2 amide bonds. The van der Waals surface area contributed by atoms with Crippen molar-refractivity contribution in [3.8, 4) is 5.75 Å². The van der Waals surface area contributed by atoms with E-state index in [1.807, 2.05) is 5.43 Å². The number of benzene rings is 1. The van der Waals surface area contributed by atoms with Crippen molar-refractivity contribution in [2.45, 2.75) is 0 Å². The Bertz CT molecular complexity index is 429. The van der Waals surface area contributed by atoms with Gasteiger partial charge in [0.05, 0.1) is 13.3 Å². The smallest absolute Gasteiger partial charge is 0.329 e. The van der Waals surface area contributed by atoms with E-state index in [0.717, 1.165) is 5.56 Å². The van der Waals surface area contributed by atoms with Crippen LogP contribution in [-0.2, 0) is 9.59 Å². The molecule has 84 valence electrons. The molecule has 0 heterocycles. The van der Waals surface area contributed by atoms with E-state index in [9.17, 15) is 9.59 Å². The van der Waals surface area contributed by atoms with Gasteiger partial charge in [0.25, 0.3) is 0 Å². The molecule has 0 aliphatic rings. The second kappa shape index (κ2) is 5.50. The molecule has 0 saturated carbocycles. The minimum absolute atomic E-state index is 0.671. The summed E-state index contributed by atoms with van der Waals surface area (Å²) in [6, 6.07) is 7.04. The molecule has 0 aliphatic heterocycles. The molecule has 0 fully saturated rings. The second-order valence-electron chi connectivity index (χ2n) is 2.84. The molecule has 0 aliphatic carbocycles. The number of methoxy groups -OCH3 is 1. The average molecular weight is 221 g/mol. The molecule has 0 saturated heterocycles. The molecule has 1 aromatic carbocycles. The number of carbonyl (C=O) groups excluding carboxylic acids is 2. The molecule has 0 radical (unpaired) electrons. The van der Waals surface area contributed by atoms with Crippen LogP contribution in [0.5, 0.6) is 5.75 Å². The molecule has 0 bridgehead atoms. The number of carbonyl (C=O) groups is 2. The fourth-order valence-electron chi connectivity index (χ4n) is 0.942. The van der Waals surface area contributed by atoms with Gasteiger partial charge < -0.3 is 10.5 Å². The van der Waals surface area contributed by atoms with Gasteiger partial charge in [0.2, 0.25) is 0 Å². The highest BCUT2D eigenvalue weighted by atomic mass is 16.5. The van der Waals surface area contributed by atoms with Crippen LogP contribution in [0.15, 0.2) is 29.4 Å². The number of hydrazone groups is 1. The van der Waals surface area contributed by atoms with Crippen molar-refractivity contribution in [1.29, 1.82) is 0 Å². The minimum Gasteiger partial charge on any atom is -0.497 e. The van der Waals surface area contributed by atoms with E-state index in [1.54, 1.807) is 31.4 Å². The van der Waals surface area contributed by atoms with Crippen molar-refractivity contribution in [3.63, 3.8) is 0 Å². The maximum absolute atomic E-state index is 10.7. The van der Waals surface area contributed by atoms with E-state index in [4.69, 9.17) is 10.5 Å². The number of ether oxygens (including phenoxy) is 1. The third-order valence-corrected chi connectivity index (χ3v) is 1.70. The normalized spacial score (nSPS) is 10.1.